The summed E-state index contributed by atoms with van der Waals surface area (Å²) >= 11 is 0. The molecule has 2 aromatic rings. The Hall–Kier alpha value is -2.58. The Labute approximate surface area is 274 Å². The van der Waals surface area contributed by atoms with E-state index in [2.05, 4.69) is 114 Å². The Kier molecular flexibility index (Phi) is 24.2. The fourth-order valence-electron chi connectivity index (χ4n) is 5.31. The zero-order valence-electron chi connectivity index (χ0n) is 30.3. The van der Waals surface area contributed by atoms with Crippen LogP contribution in [-0.4, -0.2) is 20.6 Å². The lowest BCUT2D eigenvalue weighted by molar-refractivity contribution is 0.272. The topological polar surface area (TPSA) is 24.1 Å². The number of aryl methyl sites for hydroxylation is 3. The molecule has 0 radical (unpaired) electrons. The molecule has 1 saturated carbocycles. The van der Waals surface area contributed by atoms with Crippen molar-refractivity contribution in [2.45, 2.75) is 130 Å². The van der Waals surface area contributed by atoms with Gasteiger partial charge in [-0.3, -0.25) is 0 Å². The predicted molar refractivity (Wildman–Crippen MR) is 202 cm³/mol. The molecule has 3 rings (SSSR count). The van der Waals surface area contributed by atoms with E-state index < -0.39 is 0 Å². The number of hydrogen-bond donors (Lipinski definition) is 2. The lowest BCUT2D eigenvalue weighted by Gasteiger charge is -2.39. The maximum absolute atomic E-state index is 3.88. The number of hydrogen-bond acceptors (Lipinski definition) is 2. The summed E-state index contributed by atoms with van der Waals surface area (Å²) in [6.45, 7) is 25.9. The minimum atomic E-state index is 0.472. The molecule has 0 saturated heterocycles. The van der Waals surface area contributed by atoms with E-state index in [1.165, 1.54) is 98.6 Å². The molecule has 0 aliphatic heterocycles. The molecule has 248 valence electrons. The highest BCUT2D eigenvalue weighted by molar-refractivity contribution is 5.48. The van der Waals surface area contributed by atoms with Crippen LogP contribution in [-0.2, 0) is 18.3 Å². The van der Waals surface area contributed by atoms with E-state index in [1.54, 1.807) is 0 Å². The minimum Gasteiger partial charge on any atom is -0.392 e. The first kappa shape index (κ1) is 41.4. The van der Waals surface area contributed by atoms with Gasteiger partial charge in [-0.05, 0) is 99.0 Å². The van der Waals surface area contributed by atoms with E-state index in [0.29, 0.717) is 11.3 Å². The second-order valence-electron chi connectivity index (χ2n) is 12.7. The smallest absolute Gasteiger partial charge is 0.00599 e. The lowest BCUT2D eigenvalue weighted by atomic mass is 9.66. The van der Waals surface area contributed by atoms with Crippen molar-refractivity contribution < 1.29 is 0 Å². The van der Waals surface area contributed by atoms with Crippen molar-refractivity contribution in [3.05, 3.63) is 102 Å². The zero-order valence-corrected chi connectivity index (χ0v) is 30.3. The standard InChI is InChI=1S/C13H16.C12H18.C9H17N.C8H19N/c1-3-11-5-7-12(8-6-11)13(2)9-4-10-13;1-4-6-12-8-7-10(3)9-11(12)5-2;1-5-6-7-8(2)9(3)10-4;1-3-4-5-6-7-8-9-2/h3,5-8H,1,4,9-10H2,2H3;7-9H,4-6H2,1-3H3;5,8,10H,1,3,6-7H2,2,4H3;9H,3-8H2,1-2H3. The summed E-state index contributed by atoms with van der Waals surface area (Å²) in [7, 11) is 3.92. The highest BCUT2D eigenvalue weighted by atomic mass is 14.8. The van der Waals surface area contributed by atoms with Crippen LogP contribution in [0.3, 0.4) is 0 Å². The number of unbranched alkanes of at least 4 members (excludes halogenated alkanes) is 4. The molecule has 1 unspecified atom stereocenters. The first-order valence-corrected chi connectivity index (χ1v) is 17.6. The fraction of sp³-hybridized carbons (Fsp3) is 0.571. The molecule has 2 N–H and O–H groups in total. The van der Waals surface area contributed by atoms with Crippen LogP contribution in [0.15, 0.2) is 74.0 Å². The van der Waals surface area contributed by atoms with Crippen LogP contribution < -0.4 is 10.6 Å². The molecular weight excluding hydrogens is 532 g/mol. The SMILES string of the molecule is C=CCCC(C)C(=C)NC.C=Cc1ccc(C2(C)CCC2)cc1.CCCCCCCNC.CCCc1ccc(C)cc1CC. The van der Waals surface area contributed by atoms with Gasteiger partial charge in [-0.2, -0.15) is 0 Å². The van der Waals surface area contributed by atoms with Crippen molar-refractivity contribution in [1.82, 2.24) is 10.6 Å². The van der Waals surface area contributed by atoms with Gasteiger partial charge in [-0.1, -0.05) is 146 Å². The van der Waals surface area contributed by atoms with Gasteiger partial charge < -0.3 is 10.6 Å². The van der Waals surface area contributed by atoms with Gasteiger partial charge in [0.05, 0.1) is 0 Å². The van der Waals surface area contributed by atoms with Gasteiger partial charge in [0.2, 0.25) is 0 Å². The summed E-state index contributed by atoms with van der Waals surface area (Å²) in [5, 5.41) is 6.19. The molecule has 0 bridgehead atoms. The van der Waals surface area contributed by atoms with E-state index in [9.17, 15) is 0 Å². The Morgan fingerprint density at radius 3 is 2.05 bits per heavy atom. The van der Waals surface area contributed by atoms with Crippen LogP contribution in [0, 0.1) is 12.8 Å². The highest BCUT2D eigenvalue weighted by Gasteiger charge is 2.33. The third kappa shape index (κ3) is 17.6. The van der Waals surface area contributed by atoms with Crippen molar-refractivity contribution in [1.29, 1.82) is 0 Å². The van der Waals surface area contributed by atoms with E-state index in [0.717, 1.165) is 25.0 Å². The maximum Gasteiger partial charge on any atom is 0.00599 e. The van der Waals surface area contributed by atoms with E-state index in [4.69, 9.17) is 0 Å². The quantitative estimate of drug-likeness (QED) is 0.147. The highest BCUT2D eigenvalue weighted by Crippen LogP contribution is 2.43. The summed E-state index contributed by atoms with van der Waals surface area (Å²) < 4.78 is 0. The average Bonchev–Trinajstić information content (AvgIpc) is 3.04. The summed E-state index contributed by atoms with van der Waals surface area (Å²) in [5.41, 5.74) is 8.73. The van der Waals surface area contributed by atoms with E-state index >= 15 is 0 Å². The molecule has 2 nitrogen and oxygen atoms in total. The molecular formula is C42H70N2. The van der Waals surface area contributed by atoms with Gasteiger partial charge >= 0.3 is 0 Å². The summed E-state index contributed by atoms with van der Waals surface area (Å²) in [4.78, 5) is 0. The monoisotopic (exact) mass is 603 g/mol. The zero-order chi connectivity index (χ0) is 33.2. The largest absolute Gasteiger partial charge is 0.392 e. The summed E-state index contributed by atoms with van der Waals surface area (Å²) in [6.07, 6.45) is 20.7. The summed E-state index contributed by atoms with van der Waals surface area (Å²) in [5.74, 6) is 0.558. The van der Waals surface area contributed by atoms with Gasteiger partial charge in [0, 0.05) is 12.7 Å². The van der Waals surface area contributed by atoms with E-state index in [-0.39, 0.29) is 0 Å². The summed E-state index contributed by atoms with van der Waals surface area (Å²) in [6, 6.07) is 15.6. The number of nitrogens with one attached hydrogen (secondary N) is 2. The van der Waals surface area contributed by atoms with Crippen LogP contribution in [0.5, 0.6) is 0 Å². The molecule has 0 spiro atoms. The molecule has 1 fully saturated rings. The molecule has 0 aromatic heterocycles. The normalized spacial score (nSPS) is 13.3. The van der Waals surface area contributed by atoms with Crippen LogP contribution in [0.2, 0.25) is 0 Å². The van der Waals surface area contributed by atoms with Crippen LogP contribution in [0.25, 0.3) is 6.08 Å². The lowest BCUT2D eigenvalue weighted by Crippen LogP contribution is -2.30. The first-order valence-electron chi connectivity index (χ1n) is 17.6. The molecule has 1 atom stereocenters. The maximum atomic E-state index is 3.88. The van der Waals surface area contributed by atoms with E-state index in [1.807, 2.05) is 26.2 Å². The number of benzene rings is 2. The van der Waals surface area contributed by atoms with Gasteiger partial charge in [0.25, 0.3) is 0 Å². The third-order valence-corrected chi connectivity index (χ3v) is 8.81. The molecule has 0 heterocycles. The van der Waals surface area contributed by atoms with Crippen LogP contribution in [0.1, 0.15) is 133 Å². The Morgan fingerprint density at radius 2 is 1.57 bits per heavy atom. The molecule has 44 heavy (non-hydrogen) atoms. The van der Waals surface area contributed by atoms with Crippen LogP contribution >= 0.6 is 0 Å². The van der Waals surface area contributed by atoms with Crippen LogP contribution in [0.4, 0.5) is 0 Å². The fourth-order valence-corrected chi connectivity index (χ4v) is 5.31. The van der Waals surface area contributed by atoms with Gasteiger partial charge in [-0.15, -0.1) is 6.58 Å². The minimum absolute atomic E-state index is 0.472. The third-order valence-electron chi connectivity index (χ3n) is 8.81. The molecule has 0 amide bonds. The van der Waals surface area contributed by atoms with Crippen molar-refractivity contribution >= 4 is 6.08 Å². The number of allylic oxidation sites excluding steroid dienone is 2. The van der Waals surface area contributed by atoms with Crippen molar-refractivity contribution in [2.24, 2.45) is 5.92 Å². The van der Waals surface area contributed by atoms with Crippen molar-refractivity contribution in [3.63, 3.8) is 0 Å². The number of rotatable bonds is 16. The van der Waals surface area contributed by atoms with Gasteiger partial charge in [-0.25, -0.2) is 0 Å². The van der Waals surface area contributed by atoms with Gasteiger partial charge in [0.1, 0.15) is 0 Å². The predicted octanol–water partition coefficient (Wildman–Crippen LogP) is 11.8. The molecule has 1 aliphatic rings. The van der Waals surface area contributed by atoms with Crippen molar-refractivity contribution in [2.75, 3.05) is 20.6 Å². The Balaban J connectivity index is 0.000000568. The van der Waals surface area contributed by atoms with Crippen molar-refractivity contribution in [3.8, 4) is 0 Å². The Bertz CT molecular complexity index is 1010. The second kappa shape index (κ2) is 25.7. The average molecular weight is 603 g/mol. The molecule has 2 aromatic carbocycles. The van der Waals surface area contributed by atoms with Gasteiger partial charge in [0.15, 0.2) is 0 Å². The second-order valence-corrected chi connectivity index (χ2v) is 12.7. The molecule has 1 aliphatic carbocycles. The molecule has 2 heteroatoms. The first-order chi connectivity index (χ1) is 21.2. The Morgan fingerprint density at radius 1 is 0.909 bits per heavy atom.